The molecule has 2 aromatic carbocycles. The molecule has 3 rings (SSSR count). The van der Waals surface area contributed by atoms with Crippen LogP contribution in [0.3, 0.4) is 0 Å². The van der Waals surface area contributed by atoms with Gasteiger partial charge in [-0.25, -0.2) is 4.39 Å². The molecule has 1 aliphatic heterocycles. The van der Waals surface area contributed by atoms with Gasteiger partial charge in [-0.05, 0) is 56.3 Å². The summed E-state index contributed by atoms with van der Waals surface area (Å²) in [5, 5.41) is 2.99. The maximum absolute atomic E-state index is 13.0. The Morgan fingerprint density at radius 3 is 2.50 bits per heavy atom. The van der Waals surface area contributed by atoms with Crippen molar-refractivity contribution in [3.05, 3.63) is 65.5 Å². The van der Waals surface area contributed by atoms with E-state index in [1.807, 2.05) is 43.3 Å². The van der Waals surface area contributed by atoms with Crippen LogP contribution in [-0.2, 0) is 0 Å². The Labute approximate surface area is 154 Å². The molecule has 1 fully saturated rings. The van der Waals surface area contributed by atoms with E-state index in [4.69, 9.17) is 0 Å². The third kappa shape index (κ3) is 5.05. The molecule has 0 spiro atoms. The van der Waals surface area contributed by atoms with Crippen molar-refractivity contribution in [2.75, 3.05) is 44.2 Å². The van der Waals surface area contributed by atoms with Crippen LogP contribution in [0.2, 0.25) is 0 Å². The van der Waals surface area contributed by atoms with E-state index < -0.39 is 0 Å². The van der Waals surface area contributed by atoms with Gasteiger partial charge in [0.1, 0.15) is 5.82 Å². The van der Waals surface area contributed by atoms with Gasteiger partial charge in [-0.1, -0.05) is 17.7 Å². The molecule has 1 saturated heterocycles. The van der Waals surface area contributed by atoms with E-state index in [2.05, 4.69) is 15.1 Å². The molecule has 0 aliphatic carbocycles. The lowest BCUT2D eigenvalue weighted by Gasteiger charge is -2.36. The number of benzene rings is 2. The zero-order chi connectivity index (χ0) is 18.4. The highest BCUT2D eigenvalue weighted by atomic mass is 19.1. The number of halogens is 1. The standard InChI is InChI=1S/C21H26FN3O/c1-17-4-2-5-18(16-17)21(26)23-10-3-11-24-12-14-25(15-13-24)20-8-6-19(22)7-9-20/h2,4-9,16H,3,10-15H2,1H3,(H,23,26). The Kier molecular flexibility index (Phi) is 6.23. The highest BCUT2D eigenvalue weighted by Gasteiger charge is 2.16. The lowest BCUT2D eigenvalue weighted by atomic mass is 10.1. The first-order chi connectivity index (χ1) is 12.6. The van der Waals surface area contributed by atoms with Gasteiger partial charge < -0.3 is 10.2 Å². The molecular formula is C21H26FN3O. The van der Waals surface area contributed by atoms with Crippen LogP contribution < -0.4 is 10.2 Å². The second kappa shape index (κ2) is 8.81. The molecule has 0 saturated carbocycles. The minimum absolute atomic E-state index is 0.00479. The molecular weight excluding hydrogens is 329 g/mol. The minimum Gasteiger partial charge on any atom is -0.369 e. The number of carbonyl (C=O) groups is 1. The number of anilines is 1. The second-order valence-corrected chi connectivity index (χ2v) is 6.78. The molecule has 5 heteroatoms. The number of nitrogens with zero attached hydrogens (tertiary/aromatic N) is 2. The SMILES string of the molecule is Cc1cccc(C(=O)NCCCN2CCN(c3ccc(F)cc3)CC2)c1. The number of carbonyl (C=O) groups excluding carboxylic acids is 1. The molecule has 26 heavy (non-hydrogen) atoms. The first kappa shape index (κ1) is 18.4. The van der Waals surface area contributed by atoms with E-state index in [9.17, 15) is 9.18 Å². The van der Waals surface area contributed by atoms with Crippen molar-refractivity contribution >= 4 is 11.6 Å². The molecule has 1 aliphatic rings. The van der Waals surface area contributed by atoms with Gasteiger partial charge in [-0.2, -0.15) is 0 Å². The molecule has 0 radical (unpaired) electrons. The number of hydrogen-bond donors (Lipinski definition) is 1. The third-order valence-corrected chi connectivity index (χ3v) is 4.78. The summed E-state index contributed by atoms with van der Waals surface area (Å²) in [7, 11) is 0. The molecule has 1 amide bonds. The molecule has 138 valence electrons. The van der Waals surface area contributed by atoms with Crippen molar-refractivity contribution in [1.82, 2.24) is 10.2 Å². The van der Waals surface area contributed by atoms with Crippen LogP contribution in [0.5, 0.6) is 0 Å². The normalized spacial score (nSPS) is 15.1. The summed E-state index contributed by atoms with van der Waals surface area (Å²) in [6, 6.07) is 14.4. The molecule has 4 nitrogen and oxygen atoms in total. The topological polar surface area (TPSA) is 35.6 Å². The van der Waals surface area contributed by atoms with E-state index >= 15 is 0 Å². The van der Waals surface area contributed by atoms with Crippen LogP contribution in [0.15, 0.2) is 48.5 Å². The van der Waals surface area contributed by atoms with Crippen LogP contribution >= 0.6 is 0 Å². The number of nitrogens with one attached hydrogen (secondary N) is 1. The van der Waals surface area contributed by atoms with Crippen molar-refractivity contribution in [3.8, 4) is 0 Å². The van der Waals surface area contributed by atoms with Crippen molar-refractivity contribution in [3.63, 3.8) is 0 Å². The smallest absolute Gasteiger partial charge is 0.251 e. The van der Waals surface area contributed by atoms with Crippen LogP contribution in [0, 0.1) is 12.7 Å². The fraction of sp³-hybridized carbons (Fsp3) is 0.381. The van der Waals surface area contributed by atoms with E-state index in [1.54, 1.807) is 0 Å². The number of piperazine rings is 1. The quantitative estimate of drug-likeness (QED) is 0.809. The van der Waals surface area contributed by atoms with Gasteiger partial charge in [0.2, 0.25) is 0 Å². The second-order valence-electron chi connectivity index (χ2n) is 6.78. The van der Waals surface area contributed by atoms with Crippen LogP contribution in [-0.4, -0.2) is 50.1 Å². The largest absolute Gasteiger partial charge is 0.369 e. The van der Waals surface area contributed by atoms with Gasteiger partial charge >= 0.3 is 0 Å². The molecule has 0 bridgehead atoms. The van der Waals surface area contributed by atoms with E-state index in [-0.39, 0.29) is 11.7 Å². The predicted molar refractivity (Wildman–Crippen MR) is 103 cm³/mol. The molecule has 0 atom stereocenters. The fourth-order valence-electron chi connectivity index (χ4n) is 3.27. The van der Waals surface area contributed by atoms with Crippen molar-refractivity contribution in [2.24, 2.45) is 0 Å². The molecule has 2 aromatic rings. The monoisotopic (exact) mass is 355 g/mol. The predicted octanol–water partition coefficient (Wildman–Crippen LogP) is 3.08. The van der Waals surface area contributed by atoms with Gasteiger partial charge in [0.05, 0.1) is 0 Å². The Bertz CT molecular complexity index is 724. The fourth-order valence-corrected chi connectivity index (χ4v) is 3.27. The summed E-state index contributed by atoms with van der Waals surface area (Å²) < 4.78 is 13.0. The number of amides is 1. The Hall–Kier alpha value is -2.40. The Balaban J connectivity index is 1.35. The summed E-state index contributed by atoms with van der Waals surface area (Å²) in [5.74, 6) is -0.199. The lowest BCUT2D eigenvalue weighted by Crippen LogP contribution is -2.47. The molecule has 0 unspecified atom stereocenters. The van der Waals surface area contributed by atoms with Gasteiger partial charge in [0, 0.05) is 44.0 Å². The Morgan fingerprint density at radius 1 is 1.08 bits per heavy atom. The first-order valence-electron chi connectivity index (χ1n) is 9.19. The average Bonchev–Trinajstić information content (AvgIpc) is 2.66. The maximum atomic E-state index is 13.0. The van der Waals surface area contributed by atoms with Crippen LogP contribution in [0.25, 0.3) is 0 Å². The lowest BCUT2D eigenvalue weighted by molar-refractivity contribution is 0.0951. The zero-order valence-electron chi connectivity index (χ0n) is 15.2. The summed E-state index contributed by atoms with van der Waals surface area (Å²) in [4.78, 5) is 16.8. The van der Waals surface area contributed by atoms with E-state index in [0.29, 0.717) is 6.54 Å². The number of hydrogen-bond acceptors (Lipinski definition) is 3. The maximum Gasteiger partial charge on any atom is 0.251 e. The molecule has 1 N–H and O–H groups in total. The summed E-state index contributed by atoms with van der Waals surface area (Å²) in [5.41, 5.74) is 2.89. The first-order valence-corrected chi connectivity index (χ1v) is 9.19. The van der Waals surface area contributed by atoms with Gasteiger partial charge in [0.15, 0.2) is 0 Å². The minimum atomic E-state index is -0.194. The van der Waals surface area contributed by atoms with E-state index in [0.717, 1.165) is 56.0 Å². The summed E-state index contributed by atoms with van der Waals surface area (Å²) >= 11 is 0. The Morgan fingerprint density at radius 2 is 1.81 bits per heavy atom. The average molecular weight is 355 g/mol. The van der Waals surface area contributed by atoms with Crippen molar-refractivity contribution < 1.29 is 9.18 Å². The summed E-state index contributed by atoms with van der Waals surface area (Å²) in [6.45, 7) is 7.52. The zero-order valence-corrected chi connectivity index (χ0v) is 15.2. The highest BCUT2D eigenvalue weighted by Crippen LogP contribution is 2.16. The third-order valence-electron chi connectivity index (χ3n) is 4.78. The molecule has 1 heterocycles. The van der Waals surface area contributed by atoms with Crippen LogP contribution in [0.4, 0.5) is 10.1 Å². The van der Waals surface area contributed by atoms with Gasteiger partial charge in [-0.3, -0.25) is 9.69 Å². The number of aryl methyl sites for hydroxylation is 1. The van der Waals surface area contributed by atoms with Crippen molar-refractivity contribution in [1.29, 1.82) is 0 Å². The molecule has 0 aromatic heterocycles. The van der Waals surface area contributed by atoms with Gasteiger partial charge in [-0.15, -0.1) is 0 Å². The van der Waals surface area contributed by atoms with Crippen molar-refractivity contribution in [2.45, 2.75) is 13.3 Å². The highest BCUT2D eigenvalue weighted by molar-refractivity contribution is 5.94. The number of rotatable bonds is 6. The van der Waals surface area contributed by atoms with Crippen LogP contribution in [0.1, 0.15) is 22.3 Å². The van der Waals surface area contributed by atoms with E-state index in [1.165, 1.54) is 12.1 Å². The van der Waals surface area contributed by atoms with Gasteiger partial charge in [0.25, 0.3) is 5.91 Å². The summed E-state index contributed by atoms with van der Waals surface area (Å²) in [6.07, 6.45) is 0.939.